The van der Waals surface area contributed by atoms with Crippen molar-refractivity contribution in [1.29, 1.82) is 0 Å². The van der Waals surface area contributed by atoms with Crippen LogP contribution in [-0.2, 0) is 6.54 Å². The monoisotopic (exact) mass is 391 g/mol. The van der Waals surface area contributed by atoms with Gasteiger partial charge in [-0.3, -0.25) is 4.79 Å². The summed E-state index contributed by atoms with van der Waals surface area (Å²) in [6.07, 6.45) is 0. The Hall–Kier alpha value is -3.05. The van der Waals surface area contributed by atoms with Crippen molar-refractivity contribution in [2.24, 2.45) is 0 Å². The van der Waals surface area contributed by atoms with Gasteiger partial charge < -0.3 is 19.3 Å². The minimum absolute atomic E-state index is 0.00510. The van der Waals surface area contributed by atoms with Crippen LogP contribution in [0.25, 0.3) is 10.8 Å². The molecule has 1 N–H and O–H groups in total. The summed E-state index contributed by atoms with van der Waals surface area (Å²) in [5, 5.41) is 2.55. The van der Waals surface area contributed by atoms with E-state index in [1.807, 2.05) is 11.0 Å². The zero-order valence-electron chi connectivity index (χ0n) is 17.0. The molecule has 0 spiro atoms. The van der Waals surface area contributed by atoms with Crippen molar-refractivity contribution in [3.8, 4) is 11.5 Å². The number of rotatable bonds is 5. The highest BCUT2D eigenvalue weighted by atomic mass is 16.5. The van der Waals surface area contributed by atoms with E-state index in [0.717, 1.165) is 32.7 Å². The van der Waals surface area contributed by atoms with Gasteiger partial charge in [-0.25, -0.2) is 0 Å². The van der Waals surface area contributed by atoms with E-state index in [0.29, 0.717) is 17.1 Å². The zero-order chi connectivity index (χ0) is 20.2. The van der Waals surface area contributed by atoms with E-state index in [1.165, 1.54) is 21.2 Å². The molecular formula is C24H27N2O3+. The SMILES string of the molecule is COc1cccc(C(=O)N2CC[NH+](Cc3ccc4ccccc4c3)CC2)c1OC. The molecular weight excluding hydrogens is 364 g/mol. The number of piperazine rings is 1. The van der Waals surface area contributed by atoms with Crippen LogP contribution in [-0.4, -0.2) is 51.2 Å². The molecule has 0 aromatic heterocycles. The van der Waals surface area contributed by atoms with Crippen LogP contribution >= 0.6 is 0 Å². The molecule has 1 aliphatic rings. The van der Waals surface area contributed by atoms with Crippen LogP contribution in [0.2, 0.25) is 0 Å². The fourth-order valence-corrected chi connectivity index (χ4v) is 4.07. The molecule has 0 aliphatic carbocycles. The Morgan fingerprint density at radius 3 is 2.41 bits per heavy atom. The zero-order valence-corrected chi connectivity index (χ0v) is 17.0. The van der Waals surface area contributed by atoms with Crippen molar-refractivity contribution in [3.63, 3.8) is 0 Å². The van der Waals surface area contributed by atoms with Crippen molar-refractivity contribution in [2.75, 3.05) is 40.4 Å². The average Bonchev–Trinajstić information content (AvgIpc) is 2.78. The van der Waals surface area contributed by atoms with Gasteiger partial charge >= 0.3 is 0 Å². The number of hydrogen-bond acceptors (Lipinski definition) is 3. The smallest absolute Gasteiger partial charge is 0.258 e. The number of quaternary nitrogens is 1. The van der Waals surface area contributed by atoms with Crippen molar-refractivity contribution in [2.45, 2.75) is 6.54 Å². The van der Waals surface area contributed by atoms with Gasteiger partial charge in [0.1, 0.15) is 6.54 Å². The average molecular weight is 391 g/mol. The molecule has 4 rings (SSSR count). The van der Waals surface area contributed by atoms with E-state index < -0.39 is 0 Å². The summed E-state index contributed by atoms with van der Waals surface area (Å²) in [6.45, 7) is 4.33. The molecule has 1 amide bonds. The van der Waals surface area contributed by atoms with Gasteiger partial charge in [-0.15, -0.1) is 0 Å². The highest BCUT2D eigenvalue weighted by Crippen LogP contribution is 2.31. The maximum atomic E-state index is 13.0. The van der Waals surface area contributed by atoms with Crippen molar-refractivity contribution < 1.29 is 19.2 Å². The van der Waals surface area contributed by atoms with Crippen LogP contribution in [0.1, 0.15) is 15.9 Å². The molecule has 0 unspecified atom stereocenters. The fraction of sp³-hybridized carbons (Fsp3) is 0.292. The van der Waals surface area contributed by atoms with Crippen molar-refractivity contribution >= 4 is 16.7 Å². The number of nitrogens with zero attached hydrogens (tertiary/aromatic N) is 1. The first-order valence-electron chi connectivity index (χ1n) is 10.0. The van der Waals surface area contributed by atoms with Gasteiger partial charge in [-0.1, -0.05) is 42.5 Å². The van der Waals surface area contributed by atoms with Crippen molar-refractivity contribution in [3.05, 3.63) is 71.8 Å². The normalized spacial score (nSPS) is 14.8. The highest BCUT2D eigenvalue weighted by molar-refractivity contribution is 5.97. The molecule has 3 aromatic carbocycles. The quantitative estimate of drug-likeness (QED) is 0.726. The summed E-state index contributed by atoms with van der Waals surface area (Å²) in [6, 6.07) is 20.6. The molecule has 1 saturated heterocycles. The predicted molar refractivity (Wildman–Crippen MR) is 114 cm³/mol. The number of carbonyl (C=O) groups excluding carboxylic acids is 1. The molecule has 0 radical (unpaired) electrons. The van der Waals surface area contributed by atoms with Crippen LogP contribution in [0, 0.1) is 0 Å². The topological polar surface area (TPSA) is 43.2 Å². The summed E-state index contributed by atoms with van der Waals surface area (Å²) in [4.78, 5) is 16.5. The maximum Gasteiger partial charge on any atom is 0.258 e. The second-order valence-corrected chi connectivity index (χ2v) is 7.44. The molecule has 0 saturated carbocycles. The number of carbonyl (C=O) groups is 1. The van der Waals surface area contributed by atoms with E-state index in [2.05, 4.69) is 42.5 Å². The number of methoxy groups -OCH3 is 2. The number of benzene rings is 3. The van der Waals surface area contributed by atoms with E-state index in [4.69, 9.17) is 9.47 Å². The maximum absolute atomic E-state index is 13.0. The van der Waals surface area contributed by atoms with Crippen LogP contribution in [0.3, 0.4) is 0 Å². The second kappa shape index (κ2) is 8.53. The Morgan fingerprint density at radius 2 is 1.69 bits per heavy atom. The Morgan fingerprint density at radius 1 is 0.931 bits per heavy atom. The lowest BCUT2D eigenvalue weighted by Gasteiger charge is -2.32. The number of nitrogens with one attached hydrogen (secondary N) is 1. The minimum atomic E-state index is 0.00510. The van der Waals surface area contributed by atoms with Crippen LogP contribution in [0.4, 0.5) is 0 Å². The number of ether oxygens (including phenoxy) is 2. The molecule has 29 heavy (non-hydrogen) atoms. The molecule has 0 bridgehead atoms. The first-order valence-corrected chi connectivity index (χ1v) is 10.0. The van der Waals surface area contributed by atoms with E-state index >= 15 is 0 Å². The number of hydrogen-bond donors (Lipinski definition) is 1. The second-order valence-electron chi connectivity index (χ2n) is 7.44. The first-order chi connectivity index (χ1) is 14.2. The van der Waals surface area contributed by atoms with Gasteiger partial charge in [0.25, 0.3) is 5.91 Å². The third kappa shape index (κ3) is 4.05. The lowest BCUT2D eigenvalue weighted by Crippen LogP contribution is -3.13. The minimum Gasteiger partial charge on any atom is -0.493 e. The summed E-state index contributed by atoms with van der Waals surface area (Å²) >= 11 is 0. The molecule has 1 aliphatic heterocycles. The van der Waals surface area contributed by atoms with Gasteiger partial charge in [-0.05, 0) is 29.0 Å². The van der Waals surface area contributed by atoms with Crippen LogP contribution in [0.5, 0.6) is 11.5 Å². The Balaban J connectivity index is 1.41. The Labute approximate surface area is 171 Å². The molecule has 5 heteroatoms. The number of amides is 1. The number of fused-ring (bicyclic) bond motifs is 1. The third-order valence-corrected chi connectivity index (χ3v) is 5.66. The highest BCUT2D eigenvalue weighted by Gasteiger charge is 2.27. The van der Waals surface area contributed by atoms with Gasteiger partial charge in [0.15, 0.2) is 11.5 Å². The van der Waals surface area contributed by atoms with Crippen molar-refractivity contribution in [1.82, 2.24) is 4.90 Å². The lowest BCUT2D eigenvalue weighted by atomic mass is 10.1. The summed E-state index contributed by atoms with van der Waals surface area (Å²) < 4.78 is 10.8. The third-order valence-electron chi connectivity index (χ3n) is 5.66. The molecule has 3 aromatic rings. The molecule has 5 nitrogen and oxygen atoms in total. The standard InChI is InChI=1S/C24H26N2O3/c1-28-22-9-5-8-21(23(22)29-2)24(27)26-14-12-25(13-15-26)17-18-10-11-19-6-3-4-7-20(19)16-18/h3-11,16H,12-15,17H2,1-2H3/p+1. The number of para-hydroxylation sites is 1. The fourth-order valence-electron chi connectivity index (χ4n) is 4.07. The van der Waals surface area contributed by atoms with Gasteiger partial charge in [-0.2, -0.15) is 0 Å². The molecule has 1 fully saturated rings. The van der Waals surface area contributed by atoms with Gasteiger partial charge in [0.05, 0.1) is 46.0 Å². The predicted octanol–water partition coefficient (Wildman–Crippen LogP) is 2.40. The molecule has 150 valence electrons. The van der Waals surface area contributed by atoms with Gasteiger partial charge in [0.2, 0.25) is 0 Å². The Kier molecular flexibility index (Phi) is 5.67. The van der Waals surface area contributed by atoms with E-state index in [1.54, 1.807) is 26.4 Å². The summed E-state index contributed by atoms with van der Waals surface area (Å²) in [5.41, 5.74) is 1.90. The Bertz CT molecular complexity index is 1010. The summed E-state index contributed by atoms with van der Waals surface area (Å²) in [7, 11) is 3.15. The van der Waals surface area contributed by atoms with Crippen LogP contribution < -0.4 is 14.4 Å². The molecule has 1 heterocycles. The molecule has 0 atom stereocenters. The van der Waals surface area contributed by atoms with Crippen LogP contribution in [0.15, 0.2) is 60.7 Å². The van der Waals surface area contributed by atoms with E-state index in [-0.39, 0.29) is 5.91 Å². The van der Waals surface area contributed by atoms with Gasteiger partial charge in [0, 0.05) is 5.56 Å². The van der Waals surface area contributed by atoms with E-state index in [9.17, 15) is 4.79 Å². The lowest BCUT2D eigenvalue weighted by molar-refractivity contribution is -0.917. The summed E-state index contributed by atoms with van der Waals surface area (Å²) in [5.74, 6) is 1.09. The first kappa shape index (κ1) is 19.3. The largest absolute Gasteiger partial charge is 0.493 e.